The molecule has 0 bridgehead atoms. The van der Waals surface area contributed by atoms with E-state index in [9.17, 15) is 9.59 Å². The van der Waals surface area contributed by atoms with Crippen LogP contribution in [0.5, 0.6) is 0 Å². The topological polar surface area (TPSA) is 57.6 Å². The molecule has 0 saturated heterocycles. The Bertz CT molecular complexity index is 356. The first-order chi connectivity index (χ1) is 7.70. The van der Waals surface area contributed by atoms with Crippen LogP contribution in [0.25, 0.3) is 0 Å². The molecule has 1 radical (unpaired) electrons. The van der Waals surface area contributed by atoms with Gasteiger partial charge in [-0.1, -0.05) is 12.1 Å². The molecule has 1 atom stereocenters. The van der Waals surface area contributed by atoms with Gasteiger partial charge in [0.25, 0.3) is 0 Å². The van der Waals surface area contributed by atoms with Gasteiger partial charge in [0.1, 0.15) is 6.04 Å². The smallest absolute Gasteiger partial charge is 0.327 e. The Hall–Kier alpha value is -1.49. The fraction of sp³-hybridized carbons (Fsp3) is 0.273. The number of nitrogens with zero attached hydrogens (tertiary/aromatic N) is 1. The molecule has 0 heterocycles. The molecule has 1 aromatic carbocycles. The standard InChI is InChI=1S/C11H12NO3S/c1-16-7-10(11(14)15)12(8-13)9-5-3-2-4-6-9/h3-6,8,10H,7H2,1H3,(H,14,15). The number of carbonyl (C=O) groups is 2. The third-order valence-electron chi connectivity index (χ3n) is 2.06. The van der Waals surface area contributed by atoms with Gasteiger partial charge in [-0.2, -0.15) is 11.8 Å². The number of amides is 1. The molecule has 1 unspecified atom stereocenters. The molecule has 5 heteroatoms. The largest absolute Gasteiger partial charge is 0.480 e. The van der Waals surface area contributed by atoms with Gasteiger partial charge in [0, 0.05) is 11.4 Å². The average molecular weight is 238 g/mol. The molecule has 1 aromatic rings. The maximum absolute atomic E-state index is 11.0. The van der Waals surface area contributed by atoms with Crippen molar-refractivity contribution in [1.29, 1.82) is 0 Å². The summed E-state index contributed by atoms with van der Waals surface area (Å²) in [6, 6.07) is 8.58. The molecule has 1 rings (SSSR count). The molecule has 0 aliphatic carbocycles. The van der Waals surface area contributed by atoms with Crippen LogP contribution < -0.4 is 4.90 Å². The minimum atomic E-state index is -1.01. The summed E-state index contributed by atoms with van der Waals surface area (Å²) in [5.41, 5.74) is 0.565. The minimum Gasteiger partial charge on any atom is -0.480 e. The van der Waals surface area contributed by atoms with Crippen molar-refractivity contribution >= 4 is 29.8 Å². The first-order valence-electron chi connectivity index (χ1n) is 4.62. The third-order valence-corrected chi connectivity index (χ3v) is 2.71. The Labute approximate surface area is 98.3 Å². The van der Waals surface area contributed by atoms with Crippen molar-refractivity contribution in [3.05, 3.63) is 30.3 Å². The summed E-state index contributed by atoms with van der Waals surface area (Å²) in [4.78, 5) is 23.2. The van der Waals surface area contributed by atoms with Crippen molar-refractivity contribution in [1.82, 2.24) is 0 Å². The molecule has 1 amide bonds. The molecule has 0 aliphatic rings. The van der Waals surface area contributed by atoms with Gasteiger partial charge in [0.15, 0.2) is 0 Å². The number of carboxylic acid groups (broad SMARTS) is 1. The first kappa shape index (κ1) is 12.6. The van der Waals surface area contributed by atoms with Crippen LogP contribution in [0.2, 0.25) is 0 Å². The van der Waals surface area contributed by atoms with E-state index >= 15 is 0 Å². The Balaban J connectivity index is 2.95. The molecule has 0 saturated carbocycles. The summed E-state index contributed by atoms with van der Waals surface area (Å²) < 4.78 is 0. The zero-order chi connectivity index (χ0) is 12.0. The number of anilines is 1. The number of rotatable bonds is 6. The first-order valence-corrected chi connectivity index (χ1v) is 6.01. The van der Waals surface area contributed by atoms with E-state index in [0.717, 1.165) is 0 Å². The van der Waals surface area contributed by atoms with Crippen LogP contribution in [0.4, 0.5) is 5.69 Å². The highest BCUT2D eigenvalue weighted by Gasteiger charge is 2.24. The second-order valence-electron chi connectivity index (χ2n) is 3.08. The molecule has 0 spiro atoms. The Morgan fingerprint density at radius 1 is 1.62 bits per heavy atom. The second-order valence-corrected chi connectivity index (χ2v) is 3.99. The predicted octanol–water partition coefficient (Wildman–Crippen LogP) is 1.27. The van der Waals surface area contributed by atoms with Crippen molar-refractivity contribution in [2.75, 3.05) is 16.9 Å². The van der Waals surface area contributed by atoms with E-state index in [2.05, 4.69) is 6.07 Å². The van der Waals surface area contributed by atoms with Crippen molar-refractivity contribution in [3.63, 3.8) is 0 Å². The summed E-state index contributed by atoms with van der Waals surface area (Å²) in [7, 11) is 0. The molecule has 0 aliphatic heterocycles. The number of hydrogen-bond acceptors (Lipinski definition) is 3. The number of thioether (sulfide) groups is 1. The molecule has 85 valence electrons. The lowest BCUT2D eigenvalue weighted by Gasteiger charge is -2.24. The van der Waals surface area contributed by atoms with Gasteiger partial charge in [-0.25, -0.2) is 4.79 Å². The van der Waals surface area contributed by atoms with E-state index in [0.29, 0.717) is 17.9 Å². The van der Waals surface area contributed by atoms with Gasteiger partial charge in [0.2, 0.25) is 6.41 Å². The maximum atomic E-state index is 11.0. The van der Waals surface area contributed by atoms with Gasteiger partial charge in [-0.3, -0.25) is 9.69 Å². The summed E-state index contributed by atoms with van der Waals surface area (Å²) in [6.45, 7) is 0. The van der Waals surface area contributed by atoms with E-state index in [4.69, 9.17) is 5.11 Å². The van der Waals surface area contributed by atoms with Crippen molar-refractivity contribution in [2.24, 2.45) is 0 Å². The van der Waals surface area contributed by atoms with Gasteiger partial charge < -0.3 is 5.11 Å². The summed E-state index contributed by atoms with van der Waals surface area (Å²) in [5, 5.41) is 9.05. The number of carbonyl (C=O) groups excluding carboxylic acids is 1. The SMILES string of the molecule is CSCC(C(=O)O)N(C=O)c1cc[c]cc1. The fourth-order valence-electron chi connectivity index (χ4n) is 1.29. The van der Waals surface area contributed by atoms with Crippen LogP contribution in [-0.4, -0.2) is 35.5 Å². The highest BCUT2D eigenvalue weighted by atomic mass is 32.2. The Morgan fingerprint density at radius 3 is 2.69 bits per heavy atom. The summed E-state index contributed by atoms with van der Waals surface area (Å²) >= 11 is 1.39. The summed E-state index contributed by atoms with van der Waals surface area (Å²) in [5.74, 6) is -0.651. The van der Waals surface area contributed by atoms with Crippen LogP contribution in [0.1, 0.15) is 0 Å². The van der Waals surface area contributed by atoms with Gasteiger partial charge in [0.05, 0.1) is 0 Å². The highest BCUT2D eigenvalue weighted by Crippen LogP contribution is 2.16. The minimum absolute atomic E-state index is 0.354. The Kier molecular flexibility index (Phi) is 4.85. The van der Waals surface area contributed by atoms with Crippen molar-refractivity contribution in [2.45, 2.75) is 6.04 Å². The van der Waals surface area contributed by atoms with Gasteiger partial charge >= 0.3 is 5.97 Å². The molecule has 1 N–H and O–H groups in total. The van der Waals surface area contributed by atoms with E-state index < -0.39 is 12.0 Å². The average Bonchev–Trinajstić information content (AvgIpc) is 2.30. The zero-order valence-electron chi connectivity index (χ0n) is 8.79. The molecule has 0 aromatic heterocycles. The predicted molar refractivity (Wildman–Crippen MR) is 63.6 cm³/mol. The monoisotopic (exact) mass is 238 g/mol. The number of carboxylic acids is 1. The molecule has 0 fully saturated rings. The van der Waals surface area contributed by atoms with Gasteiger partial charge in [-0.15, -0.1) is 0 Å². The van der Waals surface area contributed by atoms with Crippen LogP contribution in [0, 0.1) is 6.07 Å². The van der Waals surface area contributed by atoms with Crippen molar-refractivity contribution in [3.8, 4) is 0 Å². The van der Waals surface area contributed by atoms with Crippen LogP contribution in [0.3, 0.4) is 0 Å². The Morgan fingerprint density at radius 2 is 2.25 bits per heavy atom. The molecular weight excluding hydrogens is 226 g/mol. The number of hydrogen-bond donors (Lipinski definition) is 1. The lowest BCUT2D eigenvalue weighted by Crippen LogP contribution is -2.42. The van der Waals surface area contributed by atoms with E-state index in [1.54, 1.807) is 30.5 Å². The van der Waals surface area contributed by atoms with Crippen molar-refractivity contribution < 1.29 is 14.7 Å². The van der Waals surface area contributed by atoms with E-state index in [1.165, 1.54) is 16.7 Å². The van der Waals surface area contributed by atoms with Crippen LogP contribution >= 0.6 is 11.8 Å². The quantitative estimate of drug-likeness (QED) is 0.758. The van der Waals surface area contributed by atoms with Crippen LogP contribution in [0.15, 0.2) is 24.3 Å². The molecule has 4 nitrogen and oxygen atoms in total. The lowest BCUT2D eigenvalue weighted by atomic mass is 10.2. The van der Waals surface area contributed by atoms with Crippen LogP contribution in [-0.2, 0) is 9.59 Å². The van der Waals surface area contributed by atoms with E-state index in [-0.39, 0.29) is 0 Å². The lowest BCUT2D eigenvalue weighted by molar-refractivity contribution is -0.138. The molecule has 16 heavy (non-hydrogen) atoms. The van der Waals surface area contributed by atoms with E-state index in [1.807, 2.05) is 0 Å². The third kappa shape index (κ3) is 3.00. The molecular formula is C11H12NO3S. The zero-order valence-corrected chi connectivity index (χ0v) is 9.61. The normalized spacial score (nSPS) is 11.8. The summed E-state index contributed by atoms with van der Waals surface area (Å²) in [6.07, 6.45) is 2.35. The number of benzene rings is 1. The van der Waals surface area contributed by atoms with Gasteiger partial charge in [-0.05, 0) is 24.5 Å². The number of aliphatic carboxylic acids is 1. The second kappa shape index (κ2) is 6.17. The highest BCUT2D eigenvalue weighted by molar-refractivity contribution is 7.98. The maximum Gasteiger partial charge on any atom is 0.327 e. The fourth-order valence-corrected chi connectivity index (χ4v) is 1.91.